The molecule has 0 spiro atoms. The zero-order chi connectivity index (χ0) is 12.8. The molecule has 3 amide bonds. The summed E-state index contributed by atoms with van der Waals surface area (Å²) in [6.07, 6.45) is 7.04. The topological polar surface area (TPSA) is 61.4 Å². The van der Waals surface area contributed by atoms with Gasteiger partial charge in [-0.3, -0.25) is 4.79 Å². The molecule has 0 radical (unpaired) electrons. The Morgan fingerprint density at radius 3 is 2.89 bits per heavy atom. The van der Waals surface area contributed by atoms with Crippen LogP contribution in [0.3, 0.4) is 0 Å². The second-order valence-electron chi connectivity index (χ2n) is 5.22. The average Bonchev–Trinajstić information content (AvgIpc) is 3.15. The Bertz CT molecular complexity index is 303. The van der Waals surface area contributed by atoms with Crippen molar-refractivity contribution in [3.8, 4) is 0 Å². The molecule has 1 aliphatic carbocycles. The quantitative estimate of drug-likeness (QED) is 0.724. The number of urea groups is 1. The van der Waals surface area contributed by atoms with Gasteiger partial charge < -0.3 is 15.5 Å². The number of hydrogen-bond donors (Lipinski definition) is 2. The van der Waals surface area contributed by atoms with Crippen LogP contribution in [0, 0.1) is 0 Å². The van der Waals surface area contributed by atoms with Gasteiger partial charge in [0.05, 0.1) is 0 Å². The van der Waals surface area contributed by atoms with Crippen LogP contribution in [0.1, 0.15) is 44.9 Å². The van der Waals surface area contributed by atoms with Crippen molar-refractivity contribution >= 4 is 11.9 Å². The van der Waals surface area contributed by atoms with Gasteiger partial charge >= 0.3 is 6.03 Å². The third-order valence-electron chi connectivity index (χ3n) is 3.47. The van der Waals surface area contributed by atoms with E-state index in [0.717, 1.165) is 51.6 Å². The van der Waals surface area contributed by atoms with Crippen LogP contribution in [0.2, 0.25) is 0 Å². The van der Waals surface area contributed by atoms with E-state index < -0.39 is 0 Å². The molecule has 1 saturated carbocycles. The van der Waals surface area contributed by atoms with Crippen LogP contribution in [0.15, 0.2) is 0 Å². The minimum atomic E-state index is -0.0697. The molecule has 2 N–H and O–H groups in total. The Balaban J connectivity index is 1.55. The highest BCUT2D eigenvalue weighted by molar-refractivity contribution is 5.76. The van der Waals surface area contributed by atoms with E-state index in [1.165, 1.54) is 0 Å². The number of nitrogens with one attached hydrogen (secondary N) is 2. The number of hydrogen-bond acceptors (Lipinski definition) is 2. The molecule has 0 bridgehead atoms. The summed E-state index contributed by atoms with van der Waals surface area (Å²) >= 11 is 0. The van der Waals surface area contributed by atoms with E-state index in [-0.39, 0.29) is 11.9 Å². The SMILES string of the molecule is O=C(NCCCN1CCCCCC1=O)NC1CC1. The molecule has 0 aromatic rings. The number of nitrogens with zero attached hydrogens (tertiary/aromatic N) is 1. The van der Waals surface area contributed by atoms with Crippen LogP contribution in [-0.2, 0) is 4.79 Å². The lowest BCUT2D eigenvalue weighted by Gasteiger charge is -2.20. The van der Waals surface area contributed by atoms with E-state index in [1.54, 1.807) is 0 Å². The molecule has 1 saturated heterocycles. The predicted molar refractivity (Wildman–Crippen MR) is 69.2 cm³/mol. The van der Waals surface area contributed by atoms with Crippen LogP contribution in [0.4, 0.5) is 4.79 Å². The summed E-state index contributed by atoms with van der Waals surface area (Å²) in [5.41, 5.74) is 0. The molecule has 0 atom stereocenters. The minimum absolute atomic E-state index is 0.0697. The van der Waals surface area contributed by atoms with Gasteiger partial charge in [0.15, 0.2) is 0 Å². The normalized spacial score (nSPS) is 20.4. The summed E-state index contributed by atoms with van der Waals surface area (Å²) in [7, 11) is 0. The summed E-state index contributed by atoms with van der Waals surface area (Å²) in [5.74, 6) is 0.273. The Morgan fingerprint density at radius 2 is 2.11 bits per heavy atom. The van der Waals surface area contributed by atoms with Crippen molar-refractivity contribution in [2.24, 2.45) is 0 Å². The first-order valence-corrected chi connectivity index (χ1v) is 7.08. The first kappa shape index (κ1) is 13.2. The Morgan fingerprint density at radius 1 is 1.28 bits per heavy atom. The fourth-order valence-electron chi connectivity index (χ4n) is 2.21. The van der Waals surface area contributed by atoms with Gasteiger partial charge in [0.2, 0.25) is 5.91 Å². The number of amides is 3. The van der Waals surface area contributed by atoms with Gasteiger partial charge in [0, 0.05) is 32.1 Å². The van der Waals surface area contributed by atoms with Crippen molar-refractivity contribution in [3.63, 3.8) is 0 Å². The predicted octanol–water partition coefficient (Wildman–Crippen LogP) is 1.24. The largest absolute Gasteiger partial charge is 0.343 e. The molecule has 5 heteroatoms. The molecule has 1 aliphatic heterocycles. The fourth-order valence-corrected chi connectivity index (χ4v) is 2.21. The van der Waals surface area contributed by atoms with Crippen LogP contribution in [0.5, 0.6) is 0 Å². The van der Waals surface area contributed by atoms with Crippen molar-refractivity contribution in [2.75, 3.05) is 19.6 Å². The van der Waals surface area contributed by atoms with E-state index in [4.69, 9.17) is 0 Å². The molecule has 102 valence electrons. The van der Waals surface area contributed by atoms with Crippen molar-refractivity contribution in [1.82, 2.24) is 15.5 Å². The molecule has 0 aromatic carbocycles. The zero-order valence-electron chi connectivity index (χ0n) is 10.9. The molecular weight excluding hydrogens is 230 g/mol. The summed E-state index contributed by atoms with van der Waals surface area (Å²) in [5, 5.41) is 5.72. The first-order valence-electron chi connectivity index (χ1n) is 7.08. The smallest absolute Gasteiger partial charge is 0.315 e. The van der Waals surface area contributed by atoms with Crippen LogP contribution in [-0.4, -0.2) is 42.5 Å². The van der Waals surface area contributed by atoms with Gasteiger partial charge in [-0.1, -0.05) is 6.42 Å². The Hall–Kier alpha value is -1.26. The van der Waals surface area contributed by atoms with Gasteiger partial charge in [-0.25, -0.2) is 4.79 Å². The van der Waals surface area contributed by atoms with E-state index in [0.29, 0.717) is 19.0 Å². The standard InChI is InChI=1S/C13H23N3O2/c17-12-5-2-1-3-9-16(12)10-4-8-14-13(18)15-11-6-7-11/h11H,1-10H2,(H2,14,15,18). The molecule has 2 aliphatic rings. The first-order chi connectivity index (χ1) is 8.75. The molecule has 18 heavy (non-hydrogen) atoms. The van der Waals surface area contributed by atoms with Crippen molar-refractivity contribution in [3.05, 3.63) is 0 Å². The number of rotatable bonds is 5. The number of carbonyl (C=O) groups excluding carboxylic acids is 2. The third kappa shape index (κ3) is 4.55. The maximum Gasteiger partial charge on any atom is 0.315 e. The second kappa shape index (κ2) is 6.61. The average molecular weight is 253 g/mol. The van der Waals surface area contributed by atoms with Gasteiger partial charge in [-0.2, -0.15) is 0 Å². The molecular formula is C13H23N3O2. The fraction of sp³-hybridized carbons (Fsp3) is 0.846. The van der Waals surface area contributed by atoms with Crippen LogP contribution >= 0.6 is 0 Å². The lowest BCUT2D eigenvalue weighted by molar-refractivity contribution is -0.130. The summed E-state index contributed by atoms with van der Waals surface area (Å²) < 4.78 is 0. The van der Waals surface area contributed by atoms with Crippen molar-refractivity contribution < 1.29 is 9.59 Å². The van der Waals surface area contributed by atoms with Gasteiger partial charge in [0.1, 0.15) is 0 Å². The highest BCUT2D eigenvalue weighted by Gasteiger charge is 2.22. The molecule has 2 fully saturated rings. The van der Waals surface area contributed by atoms with Crippen LogP contribution in [0.25, 0.3) is 0 Å². The van der Waals surface area contributed by atoms with Gasteiger partial charge in [-0.05, 0) is 32.1 Å². The second-order valence-corrected chi connectivity index (χ2v) is 5.22. The monoisotopic (exact) mass is 253 g/mol. The molecule has 0 unspecified atom stereocenters. The van der Waals surface area contributed by atoms with Crippen LogP contribution < -0.4 is 10.6 Å². The van der Waals surface area contributed by atoms with E-state index in [2.05, 4.69) is 10.6 Å². The van der Waals surface area contributed by atoms with Crippen molar-refractivity contribution in [1.29, 1.82) is 0 Å². The molecule has 2 rings (SSSR count). The molecule has 0 aromatic heterocycles. The zero-order valence-corrected chi connectivity index (χ0v) is 10.9. The molecule has 5 nitrogen and oxygen atoms in total. The summed E-state index contributed by atoms with van der Waals surface area (Å²) in [6.45, 7) is 2.29. The minimum Gasteiger partial charge on any atom is -0.343 e. The van der Waals surface area contributed by atoms with Gasteiger partial charge in [-0.15, -0.1) is 0 Å². The summed E-state index contributed by atoms with van der Waals surface area (Å²) in [4.78, 5) is 25.0. The lowest BCUT2D eigenvalue weighted by atomic mass is 10.2. The van der Waals surface area contributed by atoms with E-state index >= 15 is 0 Å². The Labute approximate surface area is 108 Å². The lowest BCUT2D eigenvalue weighted by Crippen LogP contribution is -2.39. The highest BCUT2D eigenvalue weighted by atomic mass is 16.2. The maximum atomic E-state index is 11.7. The van der Waals surface area contributed by atoms with Crippen molar-refractivity contribution in [2.45, 2.75) is 51.0 Å². The highest BCUT2D eigenvalue weighted by Crippen LogP contribution is 2.18. The van der Waals surface area contributed by atoms with Gasteiger partial charge in [0.25, 0.3) is 0 Å². The molecule has 1 heterocycles. The number of carbonyl (C=O) groups is 2. The van der Waals surface area contributed by atoms with E-state index in [9.17, 15) is 9.59 Å². The Kier molecular flexibility index (Phi) is 4.84. The number of likely N-dealkylation sites (tertiary alicyclic amines) is 1. The summed E-state index contributed by atoms with van der Waals surface area (Å²) in [6, 6.07) is 0.330. The van der Waals surface area contributed by atoms with E-state index in [1.807, 2.05) is 4.90 Å². The maximum absolute atomic E-state index is 11.7. The third-order valence-corrected chi connectivity index (χ3v) is 3.47.